The summed E-state index contributed by atoms with van der Waals surface area (Å²) >= 11 is 2.22. The van der Waals surface area contributed by atoms with E-state index >= 15 is 0 Å². The summed E-state index contributed by atoms with van der Waals surface area (Å²) in [6.07, 6.45) is 8.21. The van der Waals surface area contributed by atoms with E-state index in [-0.39, 0.29) is 0 Å². The maximum atomic E-state index is 4.51. The molecule has 0 amide bonds. The van der Waals surface area contributed by atoms with Gasteiger partial charge in [-0.05, 0) is 39.9 Å². The van der Waals surface area contributed by atoms with Crippen molar-refractivity contribution in [1.29, 1.82) is 0 Å². The van der Waals surface area contributed by atoms with Crippen molar-refractivity contribution in [3.8, 4) is 0 Å². The van der Waals surface area contributed by atoms with Gasteiger partial charge in [-0.2, -0.15) is 11.8 Å². The Morgan fingerprint density at radius 3 is 2.71 bits per heavy atom. The molecule has 4 nitrogen and oxygen atoms in total. The molecule has 5 heteroatoms. The van der Waals surface area contributed by atoms with E-state index in [0.29, 0.717) is 4.75 Å². The molecule has 0 atom stereocenters. The first-order valence-corrected chi connectivity index (χ1v) is 9.38. The Balaban J connectivity index is 1.83. The van der Waals surface area contributed by atoms with Crippen molar-refractivity contribution in [2.75, 3.05) is 53.1 Å². The zero-order valence-electron chi connectivity index (χ0n) is 14.0. The van der Waals surface area contributed by atoms with Gasteiger partial charge in [-0.25, -0.2) is 0 Å². The Kier molecular flexibility index (Phi) is 6.68. The number of aliphatic imine (C=N–C) groups is 1. The van der Waals surface area contributed by atoms with E-state index in [4.69, 9.17) is 0 Å². The van der Waals surface area contributed by atoms with E-state index in [1.807, 2.05) is 7.05 Å². The third kappa shape index (κ3) is 5.06. The van der Waals surface area contributed by atoms with Crippen molar-refractivity contribution in [1.82, 2.24) is 15.1 Å². The molecule has 2 fully saturated rings. The normalized spacial score (nSPS) is 22.9. The van der Waals surface area contributed by atoms with Crippen molar-refractivity contribution in [2.45, 2.75) is 43.3 Å². The van der Waals surface area contributed by atoms with Gasteiger partial charge in [0.1, 0.15) is 0 Å². The second-order valence-electron chi connectivity index (χ2n) is 6.64. The smallest absolute Gasteiger partial charge is 0.193 e. The molecule has 1 N–H and O–H groups in total. The summed E-state index contributed by atoms with van der Waals surface area (Å²) in [5.74, 6) is 2.36. The predicted molar refractivity (Wildman–Crippen MR) is 94.4 cm³/mol. The van der Waals surface area contributed by atoms with Gasteiger partial charge >= 0.3 is 0 Å². The lowest BCUT2D eigenvalue weighted by Crippen LogP contribution is -2.53. The monoisotopic (exact) mass is 312 g/mol. The summed E-state index contributed by atoms with van der Waals surface area (Å²) < 4.78 is 0.512. The highest BCUT2D eigenvalue weighted by molar-refractivity contribution is 8.00. The van der Waals surface area contributed by atoms with E-state index in [1.165, 1.54) is 50.8 Å². The first-order valence-electron chi connectivity index (χ1n) is 8.39. The first kappa shape index (κ1) is 16.9. The molecule has 122 valence electrons. The van der Waals surface area contributed by atoms with Crippen LogP contribution in [0.25, 0.3) is 0 Å². The van der Waals surface area contributed by atoms with Crippen molar-refractivity contribution in [3.63, 3.8) is 0 Å². The van der Waals surface area contributed by atoms with E-state index in [1.54, 1.807) is 0 Å². The van der Waals surface area contributed by atoms with Crippen LogP contribution in [0.1, 0.15) is 38.5 Å². The van der Waals surface area contributed by atoms with Crippen molar-refractivity contribution >= 4 is 17.7 Å². The molecule has 0 aromatic carbocycles. The largest absolute Gasteiger partial charge is 0.356 e. The maximum Gasteiger partial charge on any atom is 0.193 e. The molecule has 1 spiro atoms. The summed E-state index contributed by atoms with van der Waals surface area (Å²) in [5, 5.41) is 3.56. The van der Waals surface area contributed by atoms with Crippen LogP contribution in [0.3, 0.4) is 0 Å². The molecule has 21 heavy (non-hydrogen) atoms. The number of guanidine groups is 1. The minimum atomic E-state index is 0.512. The molecule has 0 aromatic rings. The molecule has 0 bridgehead atoms. The van der Waals surface area contributed by atoms with Crippen molar-refractivity contribution < 1.29 is 0 Å². The molecule has 0 radical (unpaired) electrons. The maximum absolute atomic E-state index is 4.51. The van der Waals surface area contributed by atoms with Crippen molar-refractivity contribution in [3.05, 3.63) is 0 Å². The van der Waals surface area contributed by atoms with Gasteiger partial charge < -0.3 is 15.1 Å². The lowest BCUT2D eigenvalue weighted by atomic mass is 9.87. The van der Waals surface area contributed by atoms with Gasteiger partial charge in [-0.15, -0.1) is 0 Å². The quantitative estimate of drug-likeness (QED) is 0.490. The average molecular weight is 313 g/mol. The van der Waals surface area contributed by atoms with Gasteiger partial charge in [0.25, 0.3) is 0 Å². The summed E-state index contributed by atoms with van der Waals surface area (Å²) in [7, 11) is 6.18. The van der Waals surface area contributed by atoms with E-state index in [0.717, 1.165) is 25.6 Å². The van der Waals surface area contributed by atoms with Crippen LogP contribution in [-0.4, -0.2) is 73.6 Å². The summed E-state index contributed by atoms with van der Waals surface area (Å²) in [6, 6.07) is 0. The highest BCUT2D eigenvalue weighted by atomic mass is 32.2. The highest BCUT2D eigenvalue weighted by Gasteiger charge is 2.38. The number of nitrogens with one attached hydrogen (secondary N) is 1. The van der Waals surface area contributed by atoms with Gasteiger partial charge in [-0.3, -0.25) is 4.99 Å². The third-order valence-electron chi connectivity index (χ3n) is 4.59. The van der Waals surface area contributed by atoms with E-state index < -0.39 is 0 Å². The van der Waals surface area contributed by atoms with Crippen LogP contribution in [0.4, 0.5) is 0 Å². The van der Waals surface area contributed by atoms with Crippen LogP contribution in [-0.2, 0) is 0 Å². The number of hydrogen-bond donors (Lipinski definition) is 1. The molecule has 1 saturated heterocycles. The topological polar surface area (TPSA) is 30.9 Å². The average Bonchev–Trinajstić information content (AvgIpc) is 2.48. The minimum absolute atomic E-state index is 0.512. The zero-order chi connectivity index (χ0) is 15.1. The molecular weight excluding hydrogens is 280 g/mol. The molecule has 1 saturated carbocycles. The molecule has 1 heterocycles. The lowest BCUT2D eigenvalue weighted by molar-refractivity contribution is 0.292. The number of nitrogens with zero attached hydrogens (tertiary/aromatic N) is 3. The number of hydrogen-bond acceptors (Lipinski definition) is 3. The second kappa shape index (κ2) is 8.28. The molecule has 2 rings (SSSR count). The van der Waals surface area contributed by atoms with Crippen LogP contribution < -0.4 is 5.32 Å². The van der Waals surface area contributed by atoms with E-state index in [9.17, 15) is 0 Å². The SMILES string of the molecule is CN=C(NCCCN(C)C)N1CCSC2(CCCCC2)C1. The highest BCUT2D eigenvalue weighted by Crippen LogP contribution is 2.42. The molecule has 0 aromatic heterocycles. The zero-order valence-corrected chi connectivity index (χ0v) is 14.8. The summed E-state index contributed by atoms with van der Waals surface area (Å²) in [4.78, 5) is 9.25. The number of thioether (sulfide) groups is 1. The number of rotatable bonds is 4. The van der Waals surface area contributed by atoms with Gasteiger partial charge in [0.15, 0.2) is 5.96 Å². The van der Waals surface area contributed by atoms with Crippen molar-refractivity contribution in [2.24, 2.45) is 4.99 Å². The molecule has 0 unspecified atom stereocenters. The van der Waals surface area contributed by atoms with Crippen LogP contribution in [0.5, 0.6) is 0 Å². The Bertz CT molecular complexity index is 332. The molecular formula is C16H32N4S. The Hall–Kier alpha value is -0.420. The molecule has 2 aliphatic rings. The van der Waals surface area contributed by atoms with Gasteiger partial charge in [-0.1, -0.05) is 19.3 Å². The van der Waals surface area contributed by atoms with E-state index in [2.05, 4.69) is 46.0 Å². The first-order chi connectivity index (χ1) is 10.2. The van der Waals surface area contributed by atoms with Crippen LogP contribution in [0.15, 0.2) is 4.99 Å². The van der Waals surface area contributed by atoms with Crippen LogP contribution in [0.2, 0.25) is 0 Å². The lowest BCUT2D eigenvalue weighted by Gasteiger charge is -2.45. The third-order valence-corrected chi connectivity index (χ3v) is 6.13. The van der Waals surface area contributed by atoms with Gasteiger partial charge in [0.05, 0.1) is 0 Å². The summed E-state index contributed by atoms with van der Waals surface area (Å²) in [6.45, 7) is 4.47. The van der Waals surface area contributed by atoms with Crippen LogP contribution >= 0.6 is 11.8 Å². The predicted octanol–water partition coefficient (Wildman–Crippen LogP) is 2.27. The fraction of sp³-hybridized carbons (Fsp3) is 0.938. The fourth-order valence-electron chi connectivity index (χ4n) is 3.45. The van der Waals surface area contributed by atoms with Crippen LogP contribution in [0, 0.1) is 0 Å². The Morgan fingerprint density at radius 2 is 2.05 bits per heavy atom. The standard InChI is InChI=1S/C16H32N4S/c1-17-15(18-10-7-11-19(2)3)20-12-13-21-16(14-20)8-5-4-6-9-16/h4-14H2,1-3H3,(H,17,18). The molecule has 1 aliphatic heterocycles. The fourth-order valence-corrected chi connectivity index (χ4v) is 5.02. The second-order valence-corrected chi connectivity index (χ2v) is 8.21. The van der Waals surface area contributed by atoms with Gasteiger partial charge in [0.2, 0.25) is 0 Å². The summed E-state index contributed by atoms with van der Waals surface area (Å²) in [5.41, 5.74) is 0. The van der Waals surface area contributed by atoms with Gasteiger partial charge in [0, 0.05) is 37.2 Å². The Morgan fingerprint density at radius 1 is 1.29 bits per heavy atom. The minimum Gasteiger partial charge on any atom is -0.356 e. The molecule has 1 aliphatic carbocycles. The Labute approximate surface area is 134 Å².